The van der Waals surface area contributed by atoms with Gasteiger partial charge in [-0.25, -0.2) is 9.79 Å². The topological polar surface area (TPSA) is 87.9 Å². The van der Waals surface area contributed by atoms with Gasteiger partial charge in [-0.3, -0.25) is 0 Å². The fourth-order valence-electron chi connectivity index (χ4n) is 3.18. The van der Waals surface area contributed by atoms with Crippen molar-refractivity contribution in [2.45, 2.75) is 77.5 Å². The Labute approximate surface area is 174 Å². The standard InChI is InChI=1S/C22H36N4O3/c1-16(2)15-24-20(23-13-12-19-7-6-14-28-19)25-17-8-10-18(11-9-17)26-21(27)29-22(3,4)5/h6-7,14,17-18H,1,8-13,15H2,2-5H3,(H,26,27)(H2,23,24,25). The fourth-order valence-corrected chi connectivity index (χ4v) is 3.18. The van der Waals surface area contributed by atoms with Gasteiger partial charge < -0.3 is 25.1 Å². The van der Waals surface area contributed by atoms with Gasteiger partial charge >= 0.3 is 6.09 Å². The van der Waals surface area contributed by atoms with Crippen molar-refractivity contribution in [2.75, 3.05) is 13.1 Å². The van der Waals surface area contributed by atoms with Gasteiger partial charge in [0.1, 0.15) is 11.4 Å². The maximum Gasteiger partial charge on any atom is 0.407 e. The third-order valence-corrected chi connectivity index (χ3v) is 4.54. The second kappa shape index (κ2) is 10.9. The lowest BCUT2D eigenvalue weighted by Crippen LogP contribution is -2.48. The summed E-state index contributed by atoms with van der Waals surface area (Å²) in [4.78, 5) is 16.6. The van der Waals surface area contributed by atoms with E-state index in [9.17, 15) is 4.79 Å². The molecule has 1 aliphatic rings. The minimum atomic E-state index is -0.473. The molecule has 1 aromatic rings. The van der Waals surface area contributed by atoms with Gasteiger partial charge in [0.2, 0.25) is 0 Å². The van der Waals surface area contributed by atoms with Crippen LogP contribution in [0.3, 0.4) is 0 Å². The van der Waals surface area contributed by atoms with Crippen LogP contribution < -0.4 is 16.0 Å². The van der Waals surface area contributed by atoms with Gasteiger partial charge in [0.05, 0.1) is 12.8 Å². The third kappa shape index (κ3) is 9.54. The van der Waals surface area contributed by atoms with E-state index in [1.807, 2.05) is 39.8 Å². The number of rotatable bonds is 7. The summed E-state index contributed by atoms with van der Waals surface area (Å²) in [6.45, 7) is 12.8. The predicted octanol–water partition coefficient (Wildman–Crippen LogP) is 3.77. The maximum absolute atomic E-state index is 12.0. The van der Waals surface area contributed by atoms with Crippen molar-refractivity contribution in [3.05, 3.63) is 36.3 Å². The van der Waals surface area contributed by atoms with Crippen molar-refractivity contribution in [1.29, 1.82) is 0 Å². The van der Waals surface area contributed by atoms with Crippen LogP contribution in [0.5, 0.6) is 0 Å². The van der Waals surface area contributed by atoms with Crippen molar-refractivity contribution < 1.29 is 13.9 Å². The average Bonchev–Trinajstić information content (AvgIpc) is 3.13. The molecule has 7 heteroatoms. The molecule has 0 atom stereocenters. The third-order valence-electron chi connectivity index (χ3n) is 4.54. The molecule has 1 fully saturated rings. The first-order valence-electron chi connectivity index (χ1n) is 10.4. The molecule has 0 radical (unpaired) electrons. The largest absolute Gasteiger partial charge is 0.469 e. The van der Waals surface area contributed by atoms with Gasteiger partial charge in [0.25, 0.3) is 0 Å². The van der Waals surface area contributed by atoms with Gasteiger partial charge in [-0.15, -0.1) is 0 Å². The molecule has 7 nitrogen and oxygen atoms in total. The highest BCUT2D eigenvalue weighted by molar-refractivity contribution is 5.80. The van der Waals surface area contributed by atoms with Gasteiger partial charge in [-0.1, -0.05) is 12.2 Å². The van der Waals surface area contributed by atoms with Crippen molar-refractivity contribution in [3.8, 4) is 0 Å². The summed E-state index contributed by atoms with van der Waals surface area (Å²) in [5, 5.41) is 9.89. The number of hydrogen-bond donors (Lipinski definition) is 3. The molecule has 29 heavy (non-hydrogen) atoms. The monoisotopic (exact) mass is 404 g/mol. The first kappa shape index (κ1) is 22.8. The van der Waals surface area contributed by atoms with Crippen molar-refractivity contribution >= 4 is 12.1 Å². The first-order valence-corrected chi connectivity index (χ1v) is 10.4. The molecule has 162 valence electrons. The molecule has 0 aliphatic heterocycles. The normalized spacial score (nSPS) is 20.1. The summed E-state index contributed by atoms with van der Waals surface area (Å²) in [7, 11) is 0. The van der Waals surface area contributed by atoms with E-state index in [4.69, 9.17) is 9.15 Å². The van der Waals surface area contributed by atoms with Crippen LogP contribution in [0.2, 0.25) is 0 Å². The zero-order valence-corrected chi connectivity index (χ0v) is 18.2. The fraction of sp³-hybridized carbons (Fsp3) is 0.636. The SMILES string of the molecule is C=C(C)CN=C(NCCc1ccco1)NC1CCC(NC(=O)OC(C)(C)C)CC1. The molecular formula is C22H36N4O3. The minimum absolute atomic E-state index is 0.158. The second-order valence-corrected chi connectivity index (χ2v) is 8.72. The highest BCUT2D eigenvalue weighted by Crippen LogP contribution is 2.19. The number of nitrogens with zero attached hydrogens (tertiary/aromatic N) is 1. The molecule has 1 heterocycles. The Hall–Kier alpha value is -2.44. The first-order chi connectivity index (χ1) is 13.7. The smallest absolute Gasteiger partial charge is 0.407 e. The summed E-state index contributed by atoms with van der Waals surface area (Å²) in [6.07, 6.45) is 5.91. The Balaban J connectivity index is 1.78. The van der Waals surface area contributed by atoms with E-state index in [1.165, 1.54) is 0 Å². The van der Waals surface area contributed by atoms with Crippen LogP contribution >= 0.6 is 0 Å². The predicted molar refractivity (Wildman–Crippen MR) is 116 cm³/mol. The van der Waals surface area contributed by atoms with E-state index in [2.05, 4.69) is 27.5 Å². The van der Waals surface area contributed by atoms with Gasteiger partial charge in [0.15, 0.2) is 5.96 Å². The van der Waals surface area contributed by atoms with Crippen LogP contribution in [-0.4, -0.2) is 42.8 Å². The summed E-state index contributed by atoms with van der Waals surface area (Å²) in [6, 6.07) is 4.35. The van der Waals surface area contributed by atoms with E-state index in [0.29, 0.717) is 12.6 Å². The van der Waals surface area contributed by atoms with E-state index in [-0.39, 0.29) is 12.1 Å². The summed E-state index contributed by atoms with van der Waals surface area (Å²) in [5.41, 5.74) is 0.543. The van der Waals surface area contributed by atoms with E-state index < -0.39 is 5.60 Å². The molecule has 2 rings (SSSR count). The molecule has 1 aliphatic carbocycles. The molecule has 1 saturated carbocycles. The number of furan rings is 1. The van der Waals surface area contributed by atoms with E-state index in [0.717, 1.165) is 55.9 Å². The molecule has 0 aromatic carbocycles. The number of guanidine groups is 1. The number of nitrogens with one attached hydrogen (secondary N) is 3. The summed E-state index contributed by atoms with van der Waals surface area (Å²) < 4.78 is 10.7. The molecule has 1 aromatic heterocycles. The maximum atomic E-state index is 12.0. The molecule has 0 unspecified atom stereocenters. The van der Waals surface area contributed by atoms with Crippen LogP contribution in [-0.2, 0) is 11.2 Å². The van der Waals surface area contributed by atoms with Crippen LogP contribution in [0.4, 0.5) is 4.79 Å². The summed E-state index contributed by atoms with van der Waals surface area (Å²) >= 11 is 0. The molecule has 0 bridgehead atoms. The van der Waals surface area contributed by atoms with Crippen LogP contribution in [0.1, 0.15) is 59.1 Å². The summed E-state index contributed by atoms with van der Waals surface area (Å²) in [5.74, 6) is 1.74. The highest BCUT2D eigenvalue weighted by Gasteiger charge is 2.25. The quantitative estimate of drug-likeness (QED) is 0.366. The molecular weight excluding hydrogens is 368 g/mol. The zero-order chi connectivity index (χ0) is 21.3. The Morgan fingerprint density at radius 3 is 2.45 bits per heavy atom. The number of aliphatic imine (C=N–C) groups is 1. The number of alkyl carbamates (subject to hydrolysis) is 1. The number of amides is 1. The Kier molecular flexibility index (Phi) is 8.61. The lowest BCUT2D eigenvalue weighted by molar-refractivity contribution is 0.0490. The number of carbonyl (C=O) groups excluding carboxylic acids is 1. The second-order valence-electron chi connectivity index (χ2n) is 8.72. The van der Waals surface area contributed by atoms with Gasteiger partial charge in [0, 0.05) is 25.0 Å². The van der Waals surface area contributed by atoms with Crippen LogP contribution in [0.25, 0.3) is 0 Å². The highest BCUT2D eigenvalue weighted by atomic mass is 16.6. The lowest BCUT2D eigenvalue weighted by Gasteiger charge is -2.31. The minimum Gasteiger partial charge on any atom is -0.469 e. The Bertz CT molecular complexity index is 669. The van der Waals surface area contributed by atoms with Crippen LogP contribution in [0.15, 0.2) is 40.0 Å². The Morgan fingerprint density at radius 1 is 1.24 bits per heavy atom. The van der Waals surface area contributed by atoms with Gasteiger partial charge in [-0.2, -0.15) is 0 Å². The van der Waals surface area contributed by atoms with E-state index >= 15 is 0 Å². The molecule has 1 amide bonds. The molecule has 3 N–H and O–H groups in total. The number of carbonyl (C=O) groups is 1. The van der Waals surface area contributed by atoms with Crippen LogP contribution in [0, 0.1) is 0 Å². The number of ether oxygens (including phenoxy) is 1. The zero-order valence-electron chi connectivity index (χ0n) is 18.2. The van der Waals surface area contributed by atoms with Crippen molar-refractivity contribution in [3.63, 3.8) is 0 Å². The average molecular weight is 405 g/mol. The number of hydrogen-bond acceptors (Lipinski definition) is 4. The van der Waals surface area contributed by atoms with Crippen molar-refractivity contribution in [2.24, 2.45) is 4.99 Å². The van der Waals surface area contributed by atoms with Gasteiger partial charge in [-0.05, 0) is 65.5 Å². The molecule has 0 spiro atoms. The van der Waals surface area contributed by atoms with E-state index in [1.54, 1.807) is 6.26 Å². The molecule has 0 saturated heterocycles. The lowest BCUT2D eigenvalue weighted by atomic mass is 9.91. The van der Waals surface area contributed by atoms with Crippen molar-refractivity contribution in [1.82, 2.24) is 16.0 Å². The Morgan fingerprint density at radius 2 is 1.90 bits per heavy atom.